The van der Waals surface area contributed by atoms with E-state index >= 15 is 0 Å². The summed E-state index contributed by atoms with van der Waals surface area (Å²) in [6, 6.07) is 13.1. The van der Waals surface area contributed by atoms with E-state index in [0.717, 1.165) is 25.1 Å². The SMILES string of the molecule is CNCCCCCCCC1=CCC(c2ccc(C)cc2)=Cc2ncccc21. The van der Waals surface area contributed by atoms with Crippen LogP contribution in [0.4, 0.5) is 0 Å². The standard InChI is InChI=1S/C25H32N2/c1-20-11-13-21(14-12-20)23-16-15-22(9-6-4-3-5-7-17-26-2)24-10-8-18-27-25(24)19-23/h8,10-15,18-19,26H,3-7,9,16-17H2,1-2H3. The molecule has 142 valence electrons. The predicted octanol–water partition coefficient (Wildman–Crippen LogP) is 6.28. The van der Waals surface area contributed by atoms with Crippen LogP contribution < -0.4 is 5.32 Å². The Kier molecular flexibility index (Phi) is 7.41. The van der Waals surface area contributed by atoms with Crippen molar-refractivity contribution < 1.29 is 0 Å². The molecule has 2 aromatic rings. The van der Waals surface area contributed by atoms with Gasteiger partial charge in [-0.2, -0.15) is 0 Å². The Morgan fingerprint density at radius 1 is 0.963 bits per heavy atom. The van der Waals surface area contributed by atoms with Crippen molar-refractivity contribution >= 4 is 17.2 Å². The molecule has 0 unspecified atom stereocenters. The van der Waals surface area contributed by atoms with E-state index in [9.17, 15) is 0 Å². The molecule has 2 heteroatoms. The van der Waals surface area contributed by atoms with Gasteiger partial charge in [0.2, 0.25) is 0 Å². The second-order valence-corrected chi connectivity index (χ2v) is 7.53. The van der Waals surface area contributed by atoms with Crippen molar-refractivity contribution in [2.75, 3.05) is 13.6 Å². The molecule has 0 bridgehead atoms. The number of pyridine rings is 1. The first kappa shape index (κ1) is 19.6. The van der Waals surface area contributed by atoms with E-state index < -0.39 is 0 Å². The molecule has 1 aromatic heterocycles. The van der Waals surface area contributed by atoms with E-state index in [4.69, 9.17) is 0 Å². The number of hydrogen-bond donors (Lipinski definition) is 1. The Hall–Kier alpha value is -2.19. The maximum absolute atomic E-state index is 4.68. The van der Waals surface area contributed by atoms with Gasteiger partial charge in [-0.3, -0.25) is 4.98 Å². The number of allylic oxidation sites excluding steroid dienone is 3. The molecule has 3 rings (SSSR count). The number of aryl methyl sites for hydroxylation is 1. The van der Waals surface area contributed by atoms with Crippen molar-refractivity contribution in [3.63, 3.8) is 0 Å². The highest BCUT2D eigenvalue weighted by molar-refractivity contribution is 5.88. The fraction of sp³-hybridized carbons (Fsp3) is 0.400. The molecule has 0 fully saturated rings. The van der Waals surface area contributed by atoms with E-state index in [1.54, 1.807) is 0 Å². The molecule has 1 aliphatic carbocycles. The summed E-state index contributed by atoms with van der Waals surface area (Å²) in [6.45, 7) is 3.27. The van der Waals surface area contributed by atoms with Crippen LogP contribution in [0.2, 0.25) is 0 Å². The average molecular weight is 361 g/mol. The van der Waals surface area contributed by atoms with Crippen molar-refractivity contribution in [1.82, 2.24) is 10.3 Å². The molecule has 1 heterocycles. The van der Waals surface area contributed by atoms with Gasteiger partial charge < -0.3 is 5.32 Å². The summed E-state index contributed by atoms with van der Waals surface area (Å²) in [4.78, 5) is 4.68. The van der Waals surface area contributed by atoms with Gasteiger partial charge in [0.25, 0.3) is 0 Å². The van der Waals surface area contributed by atoms with Gasteiger partial charge in [0, 0.05) is 11.8 Å². The number of hydrogen-bond acceptors (Lipinski definition) is 2. The number of nitrogens with zero attached hydrogens (tertiary/aromatic N) is 1. The minimum Gasteiger partial charge on any atom is -0.320 e. The van der Waals surface area contributed by atoms with Crippen LogP contribution in [0.1, 0.15) is 67.3 Å². The third-order valence-corrected chi connectivity index (χ3v) is 5.36. The highest BCUT2D eigenvalue weighted by Gasteiger charge is 2.13. The van der Waals surface area contributed by atoms with Crippen LogP contribution in [-0.4, -0.2) is 18.6 Å². The number of fused-ring (bicyclic) bond motifs is 1. The van der Waals surface area contributed by atoms with E-state index in [2.05, 4.69) is 65.8 Å². The molecule has 1 N–H and O–H groups in total. The summed E-state index contributed by atoms with van der Waals surface area (Å²) < 4.78 is 0. The zero-order chi connectivity index (χ0) is 18.9. The minimum absolute atomic E-state index is 0.983. The normalized spacial score (nSPS) is 13.6. The van der Waals surface area contributed by atoms with Crippen LogP contribution in [0.25, 0.3) is 17.2 Å². The summed E-state index contributed by atoms with van der Waals surface area (Å²) in [6.07, 6.45) is 15.3. The Labute approximate surface area is 164 Å². The van der Waals surface area contributed by atoms with E-state index in [1.165, 1.54) is 59.9 Å². The number of nitrogens with one attached hydrogen (secondary N) is 1. The number of aromatic nitrogens is 1. The fourth-order valence-corrected chi connectivity index (χ4v) is 3.72. The summed E-state index contributed by atoms with van der Waals surface area (Å²) in [5, 5.41) is 3.23. The van der Waals surface area contributed by atoms with Crippen molar-refractivity contribution in [2.24, 2.45) is 0 Å². The van der Waals surface area contributed by atoms with Crippen LogP contribution in [0.3, 0.4) is 0 Å². The number of benzene rings is 1. The third-order valence-electron chi connectivity index (χ3n) is 5.36. The lowest BCUT2D eigenvalue weighted by atomic mass is 9.98. The summed E-state index contributed by atoms with van der Waals surface area (Å²) >= 11 is 0. The van der Waals surface area contributed by atoms with Crippen LogP contribution >= 0.6 is 0 Å². The number of rotatable bonds is 9. The summed E-state index contributed by atoms with van der Waals surface area (Å²) in [5.41, 5.74) is 7.86. The van der Waals surface area contributed by atoms with Crippen molar-refractivity contribution in [3.05, 3.63) is 71.1 Å². The van der Waals surface area contributed by atoms with Crippen molar-refractivity contribution in [1.29, 1.82) is 0 Å². The Bertz CT molecular complexity index is 784. The van der Waals surface area contributed by atoms with Crippen molar-refractivity contribution in [3.8, 4) is 0 Å². The van der Waals surface area contributed by atoms with Gasteiger partial charge in [0.05, 0.1) is 5.69 Å². The van der Waals surface area contributed by atoms with Gasteiger partial charge in [0.15, 0.2) is 0 Å². The Morgan fingerprint density at radius 2 is 1.74 bits per heavy atom. The van der Waals surface area contributed by atoms with Crippen LogP contribution in [0, 0.1) is 6.92 Å². The maximum Gasteiger partial charge on any atom is 0.0707 e. The van der Waals surface area contributed by atoms with Crippen molar-refractivity contribution in [2.45, 2.75) is 51.9 Å². The smallest absolute Gasteiger partial charge is 0.0707 e. The first-order chi connectivity index (χ1) is 13.3. The first-order valence-corrected chi connectivity index (χ1v) is 10.3. The lowest BCUT2D eigenvalue weighted by molar-refractivity contribution is 0.601. The molecule has 0 radical (unpaired) electrons. The topological polar surface area (TPSA) is 24.9 Å². The number of unbranched alkanes of at least 4 members (excludes halogenated alkanes) is 4. The molecule has 1 aliphatic rings. The monoisotopic (exact) mass is 360 g/mol. The second-order valence-electron chi connectivity index (χ2n) is 7.53. The zero-order valence-corrected chi connectivity index (χ0v) is 16.8. The second kappa shape index (κ2) is 10.2. The van der Waals surface area contributed by atoms with E-state index in [1.807, 2.05) is 13.2 Å². The quantitative estimate of drug-likeness (QED) is 0.532. The predicted molar refractivity (Wildman–Crippen MR) is 118 cm³/mol. The fourth-order valence-electron chi connectivity index (χ4n) is 3.72. The molecule has 0 saturated carbocycles. The molecule has 0 saturated heterocycles. The van der Waals surface area contributed by atoms with Gasteiger partial charge in [-0.15, -0.1) is 0 Å². The van der Waals surface area contributed by atoms with Crippen LogP contribution in [0.5, 0.6) is 0 Å². The summed E-state index contributed by atoms with van der Waals surface area (Å²) in [5.74, 6) is 0. The lowest BCUT2D eigenvalue weighted by Gasteiger charge is -2.09. The van der Waals surface area contributed by atoms with E-state index in [-0.39, 0.29) is 0 Å². The van der Waals surface area contributed by atoms with Gasteiger partial charge >= 0.3 is 0 Å². The highest BCUT2D eigenvalue weighted by Crippen LogP contribution is 2.33. The van der Waals surface area contributed by atoms with Crippen LogP contribution in [0.15, 0.2) is 48.7 Å². The van der Waals surface area contributed by atoms with Gasteiger partial charge in [-0.25, -0.2) is 0 Å². The van der Waals surface area contributed by atoms with Gasteiger partial charge in [-0.1, -0.05) is 61.2 Å². The third kappa shape index (κ3) is 5.64. The molecule has 0 spiro atoms. The zero-order valence-electron chi connectivity index (χ0n) is 16.8. The first-order valence-electron chi connectivity index (χ1n) is 10.3. The average Bonchev–Trinajstić information content (AvgIpc) is 2.88. The molecule has 0 aliphatic heterocycles. The molecule has 2 nitrogen and oxygen atoms in total. The largest absolute Gasteiger partial charge is 0.320 e. The molecule has 0 atom stereocenters. The Morgan fingerprint density at radius 3 is 2.56 bits per heavy atom. The lowest BCUT2D eigenvalue weighted by Crippen LogP contribution is -2.06. The Balaban J connectivity index is 1.67. The van der Waals surface area contributed by atoms with Crippen LogP contribution in [-0.2, 0) is 0 Å². The minimum atomic E-state index is 0.983. The van der Waals surface area contributed by atoms with E-state index in [0.29, 0.717) is 0 Å². The van der Waals surface area contributed by atoms with Gasteiger partial charge in [-0.05, 0) is 75.1 Å². The molecular weight excluding hydrogens is 328 g/mol. The summed E-state index contributed by atoms with van der Waals surface area (Å²) in [7, 11) is 2.03. The maximum atomic E-state index is 4.68. The van der Waals surface area contributed by atoms with Gasteiger partial charge in [0.1, 0.15) is 0 Å². The molecule has 1 aromatic carbocycles. The highest BCUT2D eigenvalue weighted by atomic mass is 14.8. The molecule has 27 heavy (non-hydrogen) atoms. The molecular formula is C25H32N2. The molecule has 0 amide bonds.